The topological polar surface area (TPSA) is 0 Å². The van der Waals surface area contributed by atoms with Crippen molar-refractivity contribution < 1.29 is 0 Å². The number of hydrogen-bond acceptors (Lipinski definition) is 0. The molecular weight excluding hydrogens is 216 g/mol. The molecule has 0 saturated carbocycles. The fourth-order valence-electron chi connectivity index (χ4n) is 2.39. The molecule has 0 atom stereocenters. The molecular formula is C18H15. The first-order chi connectivity index (χ1) is 8.88. The summed E-state index contributed by atoms with van der Waals surface area (Å²) in [5, 5.41) is 2.60. The second-order valence-corrected chi connectivity index (χ2v) is 4.47. The number of fused-ring (bicyclic) bond motifs is 1. The van der Waals surface area contributed by atoms with E-state index in [9.17, 15) is 0 Å². The normalized spacial score (nSPS) is 10.7. The lowest BCUT2D eigenvalue weighted by Crippen LogP contribution is -1.87. The van der Waals surface area contributed by atoms with Crippen molar-refractivity contribution in [2.75, 3.05) is 0 Å². The summed E-state index contributed by atoms with van der Waals surface area (Å²) in [6, 6.07) is 23.5. The lowest BCUT2D eigenvalue weighted by Gasteiger charge is -2.09. The quantitative estimate of drug-likeness (QED) is 0.589. The molecule has 0 nitrogen and oxygen atoms in total. The fourth-order valence-corrected chi connectivity index (χ4v) is 2.39. The van der Waals surface area contributed by atoms with E-state index in [1.165, 1.54) is 27.5 Å². The number of hydrogen-bond donors (Lipinski definition) is 0. The SMILES string of the molecule is [CH2]Cc1cc(-c2ccccc2)cc2ccccc12. The minimum Gasteiger partial charge on any atom is -0.0622 e. The van der Waals surface area contributed by atoms with Gasteiger partial charge in [-0.15, -0.1) is 0 Å². The highest BCUT2D eigenvalue weighted by Crippen LogP contribution is 2.27. The first-order valence-corrected chi connectivity index (χ1v) is 6.25. The molecule has 18 heavy (non-hydrogen) atoms. The van der Waals surface area contributed by atoms with Gasteiger partial charge in [0.2, 0.25) is 0 Å². The van der Waals surface area contributed by atoms with E-state index in [-0.39, 0.29) is 0 Å². The Morgan fingerprint density at radius 1 is 0.722 bits per heavy atom. The second kappa shape index (κ2) is 4.66. The predicted octanol–water partition coefficient (Wildman–Crippen LogP) is 4.88. The van der Waals surface area contributed by atoms with Crippen molar-refractivity contribution in [1.82, 2.24) is 0 Å². The smallest absolute Gasteiger partial charge is 0.0151 e. The van der Waals surface area contributed by atoms with E-state index in [0.29, 0.717) is 0 Å². The van der Waals surface area contributed by atoms with Gasteiger partial charge in [0.15, 0.2) is 0 Å². The highest BCUT2D eigenvalue weighted by Gasteiger charge is 2.03. The zero-order valence-electron chi connectivity index (χ0n) is 10.3. The Morgan fingerprint density at radius 3 is 2.22 bits per heavy atom. The summed E-state index contributed by atoms with van der Waals surface area (Å²) in [6.07, 6.45) is 0.821. The largest absolute Gasteiger partial charge is 0.0622 e. The molecule has 0 saturated heterocycles. The van der Waals surface area contributed by atoms with Gasteiger partial charge in [-0.1, -0.05) is 60.7 Å². The minimum absolute atomic E-state index is 0.821. The van der Waals surface area contributed by atoms with E-state index in [4.69, 9.17) is 0 Å². The first kappa shape index (κ1) is 11.0. The van der Waals surface area contributed by atoms with Gasteiger partial charge in [-0.05, 0) is 46.9 Å². The average molecular weight is 231 g/mol. The van der Waals surface area contributed by atoms with E-state index >= 15 is 0 Å². The second-order valence-electron chi connectivity index (χ2n) is 4.47. The summed E-state index contributed by atoms with van der Waals surface area (Å²) in [7, 11) is 0. The van der Waals surface area contributed by atoms with E-state index in [1.807, 2.05) is 6.07 Å². The molecule has 0 fully saturated rings. The van der Waals surface area contributed by atoms with Crippen molar-refractivity contribution in [1.29, 1.82) is 0 Å². The molecule has 3 aromatic carbocycles. The third-order valence-electron chi connectivity index (χ3n) is 3.32. The highest BCUT2D eigenvalue weighted by atomic mass is 14.1. The van der Waals surface area contributed by atoms with Crippen molar-refractivity contribution in [2.45, 2.75) is 6.42 Å². The van der Waals surface area contributed by atoms with Crippen molar-refractivity contribution in [3.05, 3.63) is 79.2 Å². The summed E-state index contributed by atoms with van der Waals surface area (Å²) < 4.78 is 0. The van der Waals surface area contributed by atoms with Crippen molar-refractivity contribution in [3.8, 4) is 11.1 Å². The molecule has 0 spiro atoms. The summed E-state index contributed by atoms with van der Waals surface area (Å²) >= 11 is 0. The Bertz CT molecular complexity index is 666. The molecule has 0 aliphatic rings. The molecule has 0 amide bonds. The maximum Gasteiger partial charge on any atom is -0.0151 e. The van der Waals surface area contributed by atoms with Crippen molar-refractivity contribution >= 4 is 10.8 Å². The molecule has 0 bridgehead atoms. The molecule has 3 aromatic rings. The van der Waals surface area contributed by atoms with Gasteiger partial charge in [0, 0.05) is 0 Å². The van der Waals surface area contributed by atoms with Gasteiger partial charge in [0.25, 0.3) is 0 Å². The molecule has 87 valence electrons. The summed E-state index contributed by atoms with van der Waals surface area (Å²) in [4.78, 5) is 0. The van der Waals surface area contributed by atoms with Gasteiger partial charge >= 0.3 is 0 Å². The third-order valence-corrected chi connectivity index (χ3v) is 3.32. The van der Waals surface area contributed by atoms with Crippen LogP contribution in [0.2, 0.25) is 0 Å². The van der Waals surface area contributed by atoms with Gasteiger partial charge in [0.05, 0.1) is 0 Å². The van der Waals surface area contributed by atoms with Crippen LogP contribution >= 0.6 is 0 Å². The Balaban J connectivity index is 2.26. The van der Waals surface area contributed by atoms with Crippen LogP contribution in [0.15, 0.2) is 66.7 Å². The monoisotopic (exact) mass is 231 g/mol. The summed E-state index contributed by atoms with van der Waals surface area (Å²) in [5.74, 6) is 0. The van der Waals surface area contributed by atoms with E-state index in [2.05, 4.69) is 67.6 Å². The lowest BCUT2D eigenvalue weighted by atomic mass is 9.96. The summed E-state index contributed by atoms with van der Waals surface area (Å²) in [6.45, 7) is 4.04. The third kappa shape index (κ3) is 1.91. The average Bonchev–Trinajstić information content (AvgIpc) is 2.47. The van der Waals surface area contributed by atoms with Gasteiger partial charge in [0.1, 0.15) is 0 Å². The van der Waals surface area contributed by atoms with Crippen LogP contribution in [0.5, 0.6) is 0 Å². The lowest BCUT2D eigenvalue weighted by molar-refractivity contribution is 1.30. The maximum absolute atomic E-state index is 4.04. The van der Waals surface area contributed by atoms with Crippen LogP contribution in [-0.2, 0) is 6.42 Å². The minimum atomic E-state index is 0.821. The molecule has 0 unspecified atom stereocenters. The van der Waals surface area contributed by atoms with Crippen molar-refractivity contribution in [3.63, 3.8) is 0 Å². The first-order valence-electron chi connectivity index (χ1n) is 6.25. The van der Waals surface area contributed by atoms with Crippen LogP contribution in [0, 0.1) is 6.92 Å². The molecule has 0 heterocycles. The zero-order valence-corrected chi connectivity index (χ0v) is 10.3. The number of rotatable bonds is 2. The Labute approximate surface area is 108 Å². The zero-order chi connectivity index (χ0) is 12.4. The van der Waals surface area contributed by atoms with E-state index < -0.39 is 0 Å². The Hall–Kier alpha value is -2.08. The van der Waals surface area contributed by atoms with Crippen LogP contribution in [0.1, 0.15) is 5.56 Å². The van der Waals surface area contributed by atoms with Crippen molar-refractivity contribution in [2.24, 2.45) is 0 Å². The molecule has 3 rings (SSSR count). The molecule has 0 aromatic heterocycles. The molecule has 0 N–H and O–H groups in total. The van der Waals surface area contributed by atoms with Gasteiger partial charge in [-0.3, -0.25) is 0 Å². The summed E-state index contributed by atoms with van der Waals surface area (Å²) in [5.41, 5.74) is 3.85. The van der Waals surface area contributed by atoms with Gasteiger partial charge < -0.3 is 0 Å². The van der Waals surface area contributed by atoms with E-state index in [1.54, 1.807) is 0 Å². The van der Waals surface area contributed by atoms with Crippen LogP contribution < -0.4 is 0 Å². The van der Waals surface area contributed by atoms with Gasteiger partial charge in [-0.25, -0.2) is 0 Å². The number of benzene rings is 3. The van der Waals surface area contributed by atoms with Crippen LogP contribution in [-0.4, -0.2) is 0 Å². The Morgan fingerprint density at radius 2 is 1.44 bits per heavy atom. The van der Waals surface area contributed by atoms with Crippen LogP contribution in [0.3, 0.4) is 0 Å². The standard InChI is InChI=1S/C18H15/c1-2-14-12-17(15-8-4-3-5-9-15)13-16-10-6-7-11-18(14)16/h3-13H,1-2H2. The van der Waals surface area contributed by atoms with Crippen LogP contribution in [0.25, 0.3) is 21.9 Å². The molecule has 0 aliphatic carbocycles. The fraction of sp³-hybridized carbons (Fsp3) is 0.0556. The molecule has 1 radical (unpaired) electrons. The predicted molar refractivity (Wildman–Crippen MR) is 78.4 cm³/mol. The maximum atomic E-state index is 4.04. The van der Waals surface area contributed by atoms with Gasteiger partial charge in [-0.2, -0.15) is 0 Å². The van der Waals surface area contributed by atoms with E-state index in [0.717, 1.165) is 6.42 Å². The van der Waals surface area contributed by atoms with Crippen LogP contribution in [0.4, 0.5) is 0 Å². The highest BCUT2D eigenvalue weighted by molar-refractivity contribution is 5.90. The molecule has 0 aliphatic heterocycles. The Kier molecular flexibility index (Phi) is 2.85. The molecule has 0 heteroatoms.